The van der Waals surface area contributed by atoms with Crippen LogP contribution in [0.3, 0.4) is 0 Å². The molecule has 3 nitrogen and oxygen atoms in total. The van der Waals surface area contributed by atoms with E-state index in [2.05, 4.69) is 27.3 Å². The maximum atomic E-state index is 11.9. The molecular weight excluding hydrogens is 292 g/mol. The Labute approximate surface area is 116 Å². The Bertz CT molecular complexity index is 448. The molecule has 0 aliphatic carbocycles. The number of carbonyl (C=O) groups is 1. The number of hydrogen-bond donors (Lipinski definition) is 1. The lowest BCUT2D eigenvalue weighted by atomic mass is 10.1. The minimum atomic E-state index is -0.182. The molecule has 1 N–H and O–H groups in total. The smallest absolute Gasteiger partial charge is 0.234 e. The fourth-order valence-corrected chi connectivity index (χ4v) is 1.66. The molecule has 0 radical (unpaired) electrons. The Morgan fingerprint density at radius 1 is 1.28 bits per heavy atom. The molecule has 1 aromatic carbocycles. The van der Waals surface area contributed by atoms with E-state index in [0.29, 0.717) is 5.56 Å². The topological polar surface area (TPSA) is 52.9 Å². The standard InChI is InChI=1S/C14H17BrN2O/c1-9(2)13(15)14(18)17-10(3)12-6-4-11(8-16)5-7-12/h4-7,9-10,13H,1-3H3,(H,17,18). The predicted molar refractivity (Wildman–Crippen MR) is 75.3 cm³/mol. The third-order valence-corrected chi connectivity index (χ3v) is 4.21. The molecule has 0 fully saturated rings. The van der Waals surface area contributed by atoms with Gasteiger partial charge in [0.25, 0.3) is 0 Å². The van der Waals surface area contributed by atoms with Crippen LogP contribution in [0.25, 0.3) is 0 Å². The van der Waals surface area contributed by atoms with Gasteiger partial charge < -0.3 is 5.32 Å². The Morgan fingerprint density at radius 2 is 1.83 bits per heavy atom. The summed E-state index contributed by atoms with van der Waals surface area (Å²) in [6.07, 6.45) is 0. The molecule has 0 heterocycles. The maximum Gasteiger partial charge on any atom is 0.234 e. The van der Waals surface area contributed by atoms with Gasteiger partial charge in [-0.2, -0.15) is 5.26 Å². The molecule has 0 saturated carbocycles. The molecule has 4 heteroatoms. The summed E-state index contributed by atoms with van der Waals surface area (Å²) in [5.74, 6) is 0.236. The molecule has 0 spiro atoms. The van der Waals surface area contributed by atoms with Gasteiger partial charge in [-0.15, -0.1) is 0 Å². The number of rotatable bonds is 4. The monoisotopic (exact) mass is 308 g/mol. The molecule has 1 aromatic rings. The SMILES string of the molecule is CC(NC(=O)C(Br)C(C)C)c1ccc(C#N)cc1. The fraction of sp³-hybridized carbons (Fsp3) is 0.429. The van der Waals surface area contributed by atoms with Crippen LogP contribution in [-0.2, 0) is 4.79 Å². The van der Waals surface area contributed by atoms with Crippen LogP contribution in [0.4, 0.5) is 0 Å². The first-order valence-corrected chi connectivity index (χ1v) is 6.81. The predicted octanol–water partition coefficient (Wildman–Crippen LogP) is 3.15. The molecule has 0 saturated heterocycles. The second-order valence-corrected chi connectivity index (χ2v) is 5.60. The summed E-state index contributed by atoms with van der Waals surface area (Å²) in [6.45, 7) is 5.91. The van der Waals surface area contributed by atoms with Crippen LogP contribution in [-0.4, -0.2) is 10.7 Å². The summed E-state index contributed by atoms with van der Waals surface area (Å²) in [5.41, 5.74) is 1.61. The minimum Gasteiger partial charge on any atom is -0.349 e. The van der Waals surface area contributed by atoms with Crippen molar-refractivity contribution in [2.75, 3.05) is 0 Å². The van der Waals surface area contributed by atoms with Gasteiger partial charge in [0.05, 0.1) is 22.5 Å². The Hall–Kier alpha value is -1.34. The highest BCUT2D eigenvalue weighted by Gasteiger charge is 2.20. The van der Waals surface area contributed by atoms with Gasteiger partial charge in [-0.25, -0.2) is 0 Å². The van der Waals surface area contributed by atoms with Crippen molar-refractivity contribution in [2.45, 2.75) is 31.6 Å². The highest BCUT2D eigenvalue weighted by Crippen LogP contribution is 2.16. The van der Waals surface area contributed by atoms with Gasteiger partial charge in [-0.3, -0.25) is 4.79 Å². The number of alkyl halides is 1. The van der Waals surface area contributed by atoms with Gasteiger partial charge in [0.2, 0.25) is 5.91 Å². The molecule has 1 rings (SSSR count). The van der Waals surface area contributed by atoms with Crippen molar-refractivity contribution in [1.82, 2.24) is 5.32 Å². The van der Waals surface area contributed by atoms with E-state index in [1.54, 1.807) is 12.1 Å². The lowest BCUT2D eigenvalue weighted by Crippen LogP contribution is -2.35. The van der Waals surface area contributed by atoms with Crippen molar-refractivity contribution in [3.8, 4) is 6.07 Å². The summed E-state index contributed by atoms with van der Waals surface area (Å²) in [7, 11) is 0. The number of hydrogen-bond acceptors (Lipinski definition) is 2. The van der Waals surface area contributed by atoms with Gasteiger partial charge in [0.15, 0.2) is 0 Å². The molecule has 0 aliphatic heterocycles. The van der Waals surface area contributed by atoms with Crippen LogP contribution in [0.1, 0.15) is 37.9 Å². The first kappa shape index (κ1) is 14.7. The number of carbonyl (C=O) groups excluding carboxylic acids is 1. The second-order valence-electron chi connectivity index (χ2n) is 4.61. The van der Waals surface area contributed by atoms with Gasteiger partial charge in [-0.1, -0.05) is 41.9 Å². The number of halogens is 1. The van der Waals surface area contributed by atoms with E-state index in [1.807, 2.05) is 32.9 Å². The van der Waals surface area contributed by atoms with Crippen LogP contribution in [0, 0.1) is 17.2 Å². The normalized spacial score (nSPS) is 13.8. The maximum absolute atomic E-state index is 11.9. The lowest BCUT2D eigenvalue weighted by molar-refractivity contribution is -0.121. The summed E-state index contributed by atoms with van der Waals surface area (Å²) in [4.78, 5) is 11.7. The highest BCUT2D eigenvalue weighted by molar-refractivity contribution is 9.10. The number of benzene rings is 1. The zero-order valence-electron chi connectivity index (χ0n) is 10.8. The Kier molecular flexibility index (Phi) is 5.36. The molecule has 0 aromatic heterocycles. The first-order valence-electron chi connectivity index (χ1n) is 5.90. The van der Waals surface area contributed by atoms with E-state index in [-0.39, 0.29) is 22.7 Å². The Balaban J connectivity index is 2.67. The van der Waals surface area contributed by atoms with Gasteiger partial charge in [0, 0.05) is 0 Å². The molecule has 1 amide bonds. The summed E-state index contributed by atoms with van der Waals surface area (Å²) >= 11 is 3.38. The quantitative estimate of drug-likeness (QED) is 0.869. The summed E-state index contributed by atoms with van der Waals surface area (Å²) < 4.78 is 0. The fourth-order valence-electron chi connectivity index (χ4n) is 1.53. The zero-order valence-corrected chi connectivity index (χ0v) is 12.4. The van der Waals surface area contributed by atoms with E-state index < -0.39 is 0 Å². The Morgan fingerprint density at radius 3 is 2.28 bits per heavy atom. The molecular formula is C14H17BrN2O. The van der Waals surface area contributed by atoms with Crippen LogP contribution in [0.2, 0.25) is 0 Å². The second kappa shape index (κ2) is 6.55. The van der Waals surface area contributed by atoms with Crippen molar-refractivity contribution in [3.63, 3.8) is 0 Å². The third kappa shape index (κ3) is 3.85. The highest BCUT2D eigenvalue weighted by atomic mass is 79.9. The molecule has 0 bridgehead atoms. The third-order valence-electron chi connectivity index (χ3n) is 2.73. The van der Waals surface area contributed by atoms with E-state index >= 15 is 0 Å². The summed E-state index contributed by atoms with van der Waals surface area (Å²) in [5, 5.41) is 11.7. The lowest BCUT2D eigenvalue weighted by Gasteiger charge is -2.19. The van der Waals surface area contributed by atoms with E-state index in [4.69, 9.17) is 5.26 Å². The van der Waals surface area contributed by atoms with Crippen LogP contribution < -0.4 is 5.32 Å². The number of nitrogens with zero attached hydrogens (tertiary/aromatic N) is 1. The molecule has 18 heavy (non-hydrogen) atoms. The van der Waals surface area contributed by atoms with Crippen LogP contribution >= 0.6 is 15.9 Å². The average molecular weight is 309 g/mol. The van der Waals surface area contributed by atoms with Crippen molar-refractivity contribution in [1.29, 1.82) is 5.26 Å². The van der Waals surface area contributed by atoms with Crippen LogP contribution in [0.15, 0.2) is 24.3 Å². The van der Waals surface area contributed by atoms with E-state index in [9.17, 15) is 4.79 Å². The van der Waals surface area contributed by atoms with Crippen LogP contribution in [0.5, 0.6) is 0 Å². The number of nitriles is 1. The molecule has 0 aliphatic rings. The van der Waals surface area contributed by atoms with Crippen molar-refractivity contribution in [2.24, 2.45) is 5.92 Å². The van der Waals surface area contributed by atoms with Gasteiger partial charge in [0.1, 0.15) is 0 Å². The molecule has 2 unspecified atom stereocenters. The number of nitrogens with one attached hydrogen (secondary N) is 1. The molecule has 96 valence electrons. The number of amides is 1. The van der Waals surface area contributed by atoms with Crippen molar-refractivity contribution in [3.05, 3.63) is 35.4 Å². The van der Waals surface area contributed by atoms with E-state index in [1.165, 1.54) is 0 Å². The van der Waals surface area contributed by atoms with E-state index in [0.717, 1.165) is 5.56 Å². The van der Waals surface area contributed by atoms with Crippen molar-refractivity contribution >= 4 is 21.8 Å². The van der Waals surface area contributed by atoms with Gasteiger partial charge >= 0.3 is 0 Å². The largest absolute Gasteiger partial charge is 0.349 e. The van der Waals surface area contributed by atoms with Gasteiger partial charge in [-0.05, 0) is 30.5 Å². The average Bonchev–Trinajstić information content (AvgIpc) is 2.37. The first-order chi connectivity index (χ1) is 8.45. The molecule has 2 atom stereocenters. The van der Waals surface area contributed by atoms with Crippen molar-refractivity contribution < 1.29 is 4.79 Å². The summed E-state index contributed by atoms with van der Waals surface area (Å²) in [6, 6.07) is 9.24. The minimum absolute atomic E-state index is 0.0122. The zero-order chi connectivity index (χ0) is 13.7.